The number of hydrogen-bond donors (Lipinski definition) is 1. The molecule has 1 heterocycles. The molecule has 174 valence electrons. The number of carbonyl (C=O) groups excluding carboxylic acids is 2. The summed E-state index contributed by atoms with van der Waals surface area (Å²) in [4.78, 5) is 27.6. The van der Waals surface area contributed by atoms with Gasteiger partial charge in [-0.15, -0.1) is 0 Å². The van der Waals surface area contributed by atoms with Gasteiger partial charge in [0.05, 0.1) is 30.4 Å². The highest BCUT2D eigenvalue weighted by Gasteiger charge is 2.47. The molecule has 3 aromatic rings. The molecule has 3 aromatic carbocycles. The Hall–Kier alpha value is -3.84. The normalized spacial score (nSPS) is 17.2. The van der Waals surface area contributed by atoms with Crippen LogP contribution in [0.3, 0.4) is 0 Å². The first-order valence-corrected chi connectivity index (χ1v) is 10.9. The summed E-state index contributed by atoms with van der Waals surface area (Å²) in [5, 5.41) is 11.6. The van der Waals surface area contributed by atoms with E-state index in [1.54, 1.807) is 31.2 Å². The van der Waals surface area contributed by atoms with Gasteiger partial charge < -0.3 is 14.6 Å². The number of amides is 1. The molecule has 6 nitrogen and oxygen atoms in total. The summed E-state index contributed by atoms with van der Waals surface area (Å²) in [7, 11) is 1.50. The fourth-order valence-corrected chi connectivity index (χ4v) is 4.07. The molecule has 1 amide bonds. The molecule has 1 saturated heterocycles. The number of methoxy groups -OCH3 is 1. The van der Waals surface area contributed by atoms with E-state index in [1.165, 1.54) is 54.5 Å². The maximum absolute atomic E-state index is 13.6. The molecule has 1 N–H and O–H groups in total. The van der Waals surface area contributed by atoms with Crippen molar-refractivity contribution in [2.24, 2.45) is 0 Å². The van der Waals surface area contributed by atoms with Gasteiger partial charge in [-0.1, -0.05) is 23.7 Å². The van der Waals surface area contributed by atoms with E-state index in [-0.39, 0.29) is 16.9 Å². The van der Waals surface area contributed by atoms with E-state index in [4.69, 9.17) is 21.1 Å². The van der Waals surface area contributed by atoms with E-state index in [9.17, 15) is 19.1 Å². The van der Waals surface area contributed by atoms with E-state index in [0.29, 0.717) is 34.4 Å². The number of hydrogen-bond acceptors (Lipinski definition) is 5. The van der Waals surface area contributed by atoms with Gasteiger partial charge in [-0.3, -0.25) is 14.5 Å². The van der Waals surface area contributed by atoms with Gasteiger partial charge >= 0.3 is 0 Å². The van der Waals surface area contributed by atoms with Crippen LogP contribution in [0.15, 0.2) is 72.3 Å². The number of carbonyl (C=O) groups is 2. The summed E-state index contributed by atoms with van der Waals surface area (Å²) in [5.41, 5.74) is 0.982. The maximum atomic E-state index is 13.6. The molecule has 4 rings (SSSR count). The summed E-state index contributed by atoms with van der Waals surface area (Å²) >= 11 is 6.17. The molecular weight excluding hydrogens is 461 g/mol. The first kappa shape index (κ1) is 23.3. The van der Waals surface area contributed by atoms with Crippen LogP contribution in [0.2, 0.25) is 5.02 Å². The molecule has 0 radical (unpaired) electrons. The van der Waals surface area contributed by atoms with Crippen molar-refractivity contribution in [2.75, 3.05) is 18.6 Å². The van der Waals surface area contributed by atoms with Crippen LogP contribution in [0.25, 0.3) is 5.76 Å². The van der Waals surface area contributed by atoms with Crippen molar-refractivity contribution in [2.45, 2.75) is 13.0 Å². The number of ether oxygens (including phenoxy) is 2. The van der Waals surface area contributed by atoms with E-state index < -0.39 is 23.5 Å². The highest BCUT2D eigenvalue weighted by atomic mass is 35.5. The Kier molecular flexibility index (Phi) is 6.56. The van der Waals surface area contributed by atoms with Crippen molar-refractivity contribution in [3.63, 3.8) is 0 Å². The van der Waals surface area contributed by atoms with E-state index >= 15 is 0 Å². The zero-order valence-corrected chi connectivity index (χ0v) is 19.2. The average Bonchev–Trinajstić information content (AvgIpc) is 3.11. The predicted octanol–water partition coefficient (Wildman–Crippen LogP) is 5.51. The average molecular weight is 482 g/mol. The van der Waals surface area contributed by atoms with Gasteiger partial charge in [0.1, 0.15) is 23.1 Å². The summed E-state index contributed by atoms with van der Waals surface area (Å²) in [6.45, 7) is 2.14. The third-order valence-electron chi connectivity index (χ3n) is 5.46. The van der Waals surface area contributed by atoms with Crippen LogP contribution in [-0.2, 0) is 9.59 Å². The minimum Gasteiger partial charge on any atom is -0.507 e. The fraction of sp³-hybridized carbons (Fsp3) is 0.154. The van der Waals surface area contributed by atoms with Gasteiger partial charge in [0.25, 0.3) is 11.7 Å². The number of Topliss-reactive ketones (excluding diaryl/α,β-unsaturated/α-hetero) is 1. The molecule has 0 bridgehead atoms. The molecule has 8 heteroatoms. The highest BCUT2D eigenvalue weighted by Crippen LogP contribution is 2.43. The molecule has 1 aliphatic rings. The summed E-state index contributed by atoms with van der Waals surface area (Å²) in [6, 6.07) is 15.6. The quantitative estimate of drug-likeness (QED) is 0.285. The number of benzene rings is 3. The second-order valence-corrected chi connectivity index (χ2v) is 7.91. The summed E-state index contributed by atoms with van der Waals surface area (Å²) in [5.74, 6) is -1.75. The molecule has 0 aromatic heterocycles. The minimum atomic E-state index is -0.980. The van der Waals surface area contributed by atoms with Crippen LogP contribution < -0.4 is 14.4 Å². The van der Waals surface area contributed by atoms with Crippen molar-refractivity contribution in [3.8, 4) is 11.5 Å². The molecule has 0 saturated carbocycles. The lowest BCUT2D eigenvalue weighted by Gasteiger charge is -2.25. The number of halogens is 2. The third kappa shape index (κ3) is 4.22. The molecule has 1 unspecified atom stereocenters. The lowest BCUT2D eigenvalue weighted by atomic mass is 9.95. The van der Waals surface area contributed by atoms with Gasteiger partial charge in [-0.2, -0.15) is 0 Å². The first-order valence-electron chi connectivity index (χ1n) is 10.5. The molecular formula is C26H21ClFNO5. The van der Waals surface area contributed by atoms with Crippen molar-refractivity contribution >= 4 is 34.7 Å². The number of aliphatic hydroxyl groups excluding tert-OH is 1. The molecule has 34 heavy (non-hydrogen) atoms. The van der Waals surface area contributed by atoms with Crippen LogP contribution in [-0.4, -0.2) is 30.5 Å². The minimum absolute atomic E-state index is 0.118. The number of ketones is 1. The monoisotopic (exact) mass is 481 g/mol. The van der Waals surface area contributed by atoms with Crippen molar-refractivity contribution in [1.29, 1.82) is 0 Å². The van der Waals surface area contributed by atoms with Gasteiger partial charge in [0, 0.05) is 11.3 Å². The Balaban J connectivity index is 1.94. The van der Waals surface area contributed by atoms with Crippen LogP contribution in [0, 0.1) is 5.82 Å². The third-order valence-corrected chi connectivity index (χ3v) is 5.78. The molecule has 0 spiro atoms. The lowest BCUT2D eigenvalue weighted by Crippen LogP contribution is -2.29. The summed E-state index contributed by atoms with van der Waals surface area (Å²) in [6.07, 6.45) is 0. The number of nitrogens with zero attached hydrogens (tertiary/aromatic N) is 1. The topological polar surface area (TPSA) is 76.1 Å². The van der Waals surface area contributed by atoms with Crippen LogP contribution in [0.5, 0.6) is 11.5 Å². The highest BCUT2D eigenvalue weighted by molar-refractivity contribution is 6.51. The van der Waals surface area contributed by atoms with Gasteiger partial charge in [0.2, 0.25) is 0 Å². The zero-order valence-electron chi connectivity index (χ0n) is 18.4. The van der Waals surface area contributed by atoms with Gasteiger partial charge in [-0.25, -0.2) is 4.39 Å². The molecule has 0 aliphatic carbocycles. The van der Waals surface area contributed by atoms with E-state index in [2.05, 4.69) is 0 Å². The van der Waals surface area contributed by atoms with Crippen molar-refractivity contribution in [3.05, 3.63) is 94.3 Å². The summed E-state index contributed by atoms with van der Waals surface area (Å²) < 4.78 is 24.4. The largest absolute Gasteiger partial charge is 0.507 e. The van der Waals surface area contributed by atoms with E-state index in [0.717, 1.165) is 0 Å². The number of aliphatic hydroxyl groups is 1. The maximum Gasteiger partial charge on any atom is 0.300 e. The Bertz CT molecular complexity index is 1290. The lowest BCUT2D eigenvalue weighted by molar-refractivity contribution is -0.132. The van der Waals surface area contributed by atoms with Crippen molar-refractivity contribution < 1.29 is 28.6 Å². The Morgan fingerprint density at radius 1 is 1.09 bits per heavy atom. The van der Waals surface area contributed by atoms with Crippen LogP contribution in [0.1, 0.15) is 24.1 Å². The second-order valence-electron chi connectivity index (χ2n) is 7.50. The fourth-order valence-electron chi connectivity index (χ4n) is 3.90. The Morgan fingerprint density at radius 2 is 1.82 bits per heavy atom. The SMILES string of the molecule is CCOc1cc(/C(O)=C2/C(=O)C(=O)N(c3ccc(F)cc3)C2c2cccc(OC)c2)ccc1Cl. The molecule has 1 aliphatic heterocycles. The van der Waals surface area contributed by atoms with Crippen LogP contribution >= 0.6 is 11.6 Å². The zero-order chi connectivity index (χ0) is 24.4. The Labute approximate surface area is 200 Å². The molecule has 1 fully saturated rings. The Morgan fingerprint density at radius 3 is 2.50 bits per heavy atom. The number of anilines is 1. The number of rotatable bonds is 6. The molecule has 1 atom stereocenters. The van der Waals surface area contributed by atoms with Crippen LogP contribution in [0.4, 0.5) is 10.1 Å². The predicted molar refractivity (Wildman–Crippen MR) is 127 cm³/mol. The smallest absolute Gasteiger partial charge is 0.300 e. The van der Waals surface area contributed by atoms with Crippen molar-refractivity contribution in [1.82, 2.24) is 0 Å². The first-order chi connectivity index (χ1) is 16.3. The van der Waals surface area contributed by atoms with Gasteiger partial charge in [-0.05, 0) is 67.1 Å². The van der Waals surface area contributed by atoms with E-state index in [1.807, 2.05) is 0 Å². The second kappa shape index (κ2) is 9.57. The standard InChI is InChI=1S/C26H21ClFNO5/c1-3-34-21-14-16(7-12-20(21)27)24(30)22-23(15-5-4-6-19(13-15)33-2)29(26(32)25(22)31)18-10-8-17(28)9-11-18/h4-14,23,30H,3H2,1-2H3/b24-22-. The van der Waals surface area contributed by atoms with Gasteiger partial charge in [0.15, 0.2) is 0 Å².